The van der Waals surface area contributed by atoms with Crippen molar-refractivity contribution >= 4 is 27.9 Å². The topological polar surface area (TPSA) is 108 Å². The summed E-state index contributed by atoms with van der Waals surface area (Å²) in [4.78, 5) is 21.1. The average Bonchev–Trinajstić information content (AvgIpc) is 2.94. The number of rotatable bonds is 8. The Hall–Kier alpha value is -2.39. The van der Waals surface area contributed by atoms with Crippen LogP contribution in [0.1, 0.15) is 16.5 Å². The molecule has 0 bridgehead atoms. The summed E-state index contributed by atoms with van der Waals surface area (Å²) < 4.78 is 16.1. The first-order valence-electron chi connectivity index (χ1n) is 6.54. The third-order valence-electron chi connectivity index (χ3n) is 3.20. The van der Waals surface area contributed by atoms with Crippen LogP contribution in [0.2, 0.25) is 0 Å². The van der Waals surface area contributed by atoms with Gasteiger partial charge in [-0.3, -0.25) is 14.9 Å². The fraction of sp³-hybridized carbons (Fsp3) is 0.357. The Morgan fingerprint density at radius 2 is 2.13 bits per heavy atom. The van der Waals surface area contributed by atoms with Crippen LogP contribution < -0.4 is 9.47 Å². The van der Waals surface area contributed by atoms with E-state index < -0.39 is 17.6 Å². The fourth-order valence-corrected chi connectivity index (χ4v) is 3.35. The van der Waals surface area contributed by atoms with Crippen molar-refractivity contribution in [2.75, 3.05) is 20.8 Å². The maximum atomic E-state index is 10.6. The molecule has 2 rings (SSSR count). The molecule has 0 amide bonds. The van der Waals surface area contributed by atoms with E-state index in [0.29, 0.717) is 23.4 Å². The molecule has 1 aromatic carbocycles. The molecule has 124 valence electrons. The van der Waals surface area contributed by atoms with Gasteiger partial charge in [0.05, 0.1) is 18.9 Å². The zero-order valence-electron chi connectivity index (χ0n) is 12.5. The molecule has 0 saturated heterocycles. The number of hydrogen-bond donors (Lipinski definition) is 1. The Kier molecular flexibility index (Phi) is 5.35. The van der Waals surface area contributed by atoms with Gasteiger partial charge in [0.25, 0.3) is 6.47 Å². The number of ether oxygens (including phenoxy) is 3. The molecule has 8 nitrogen and oxygen atoms in total. The van der Waals surface area contributed by atoms with Crippen molar-refractivity contribution in [2.45, 2.75) is 12.7 Å². The van der Waals surface area contributed by atoms with Crippen LogP contribution in [0.4, 0.5) is 0 Å². The van der Waals surface area contributed by atoms with Gasteiger partial charge >= 0.3 is 0 Å². The second-order valence-electron chi connectivity index (χ2n) is 4.60. The zero-order chi connectivity index (χ0) is 17.0. The molecule has 0 aliphatic heterocycles. The Morgan fingerprint density at radius 3 is 2.70 bits per heavy atom. The van der Waals surface area contributed by atoms with Gasteiger partial charge in [-0.05, 0) is 12.1 Å². The molecule has 1 atom stereocenters. The largest absolute Gasteiger partial charge is 0.496 e. The highest BCUT2D eigenvalue weighted by Crippen LogP contribution is 2.43. The number of carbonyl (C=O) groups is 1. The number of thiophene rings is 1. The van der Waals surface area contributed by atoms with Crippen molar-refractivity contribution in [1.82, 2.24) is 0 Å². The van der Waals surface area contributed by atoms with Crippen LogP contribution in [0, 0.1) is 10.1 Å². The summed E-state index contributed by atoms with van der Waals surface area (Å²) in [6, 6.07) is 3.27. The number of methoxy groups -OCH3 is 2. The fourth-order valence-electron chi connectivity index (χ4n) is 2.28. The van der Waals surface area contributed by atoms with Gasteiger partial charge in [-0.2, -0.15) is 0 Å². The maximum Gasteiger partial charge on any atom is 0.293 e. The van der Waals surface area contributed by atoms with Gasteiger partial charge in [-0.25, -0.2) is 0 Å². The molecule has 0 spiro atoms. The van der Waals surface area contributed by atoms with E-state index in [0.717, 1.165) is 9.58 Å². The number of hydrogen-bond acceptors (Lipinski definition) is 8. The number of nitrogens with zero attached hydrogens (tertiary/aromatic N) is 1. The molecule has 0 aliphatic carbocycles. The van der Waals surface area contributed by atoms with Gasteiger partial charge in [-0.1, -0.05) is 0 Å². The van der Waals surface area contributed by atoms with Crippen LogP contribution >= 0.6 is 11.3 Å². The van der Waals surface area contributed by atoms with Crippen LogP contribution in [0.25, 0.3) is 10.1 Å². The first kappa shape index (κ1) is 17.0. The Labute approximate surface area is 135 Å². The van der Waals surface area contributed by atoms with E-state index in [9.17, 15) is 20.0 Å². The van der Waals surface area contributed by atoms with Gasteiger partial charge in [0.15, 0.2) is 0 Å². The predicted octanol–water partition coefficient (Wildman–Crippen LogP) is 1.90. The number of aliphatic hydroxyl groups excluding tert-OH is 1. The summed E-state index contributed by atoms with van der Waals surface area (Å²) in [5, 5.41) is 21.4. The van der Waals surface area contributed by atoms with E-state index in [1.165, 1.54) is 31.6 Å². The molecule has 0 fully saturated rings. The first-order chi connectivity index (χ1) is 11.0. The Bertz CT molecular complexity index is 727. The highest BCUT2D eigenvalue weighted by Gasteiger charge is 2.24. The molecule has 1 aromatic heterocycles. The van der Waals surface area contributed by atoms with Crippen LogP contribution in [0.3, 0.4) is 0 Å². The van der Waals surface area contributed by atoms with Gasteiger partial charge < -0.3 is 19.3 Å². The van der Waals surface area contributed by atoms with E-state index in [1.807, 2.05) is 0 Å². The van der Waals surface area contributed by atoms with Gasteiger partial charge in [0.1, 0.15) is 24.2 Å². The van der Waals surface area contributed by atoms with Crippen molar-refractivity contribution in [3.05, 3.63) is 32.7 Å². The van der Waals surface area contributed by atoms with E-state index in [2.05, 4.69) is 0 Å². The minimum absolute atomic E-state index is 0.0991. The molecule has 23 heavy (non-hydrogen) atoms. The highest BCUT2D eigenvalue weighted by molar-refractivity contribution is 7.19. The second-order valence-corrected chi connectivity index (χ2v) is 5.73. The number of benzene rings is 1. The molecule has 0 radical (unpaired) electrons. The monoisotopic (exact) mass is 341 g/mol. The van der Waals surface area contributed by atoms with Crippen LogP contribution in [-0.2, 0) is 16.1 Å². The summed E-state index contributed by atoms with van der Waals surface area (Å²) in [6.07, 6.45) is -1.33. The standard InChI is InChI=1S/C14H15NO7S/c1-20-12-4-9(11(17)5-15(18)19)13(21-2)10-3-8(6-22-7-16)23-14(10)12/h3-4,7,11,17H,5-6H2,1-2H3. The molecule has 0 saturated carbocycles. The van der Waals surface area contributed by atoms with E-state index in [-0.39, 0.29) is 12.2 Å². The van der Waals surface area contributed by atoms with Crippen LogP contribution in [0.15, 0.2) is 12.1 Å². The number of nitro groups is 1. The lowest BCUT2D eigenvalue weighted by molar-refractivity contribution is -0.491. The number of fused-ring (bicyclic) bond motifs is 1. The van der Waals surface area contributed by atoms with E-state index in [1.54, 1.807) is 6.07 Å². The molecular weight excluding hydrogens is 326 g/mol. The third-order valence-corrected chi connectivity index (χ3v) is 4.32. The molecule has 9 heteroatoms. The summed E-state index contributed by atoms with van der Waals surface area (Å²) in [7, 11) is 2.88. The van der Waals surface area contributed by atoms with Crippen molar-refractivity contribution < 1.29 is 29.0 Å². The summed E-state index contributed by atoms with van der Waals surface area (Å²) in [5.74, 6) is 0.796. The van der Waals surface area contributed by atoms with Crippen LogP contribution in [-0.4, -0.2) is 37.3 Å². The maximum absolute atomic E-state index is 10.6. The zero-order valence-corrected chi connectivity index (χ0v) is 13.3. The molecule has 1 N–H and O–H groups in total. The van der Waals surface area contributed by atoms with Crippen molar-refractivity contribution in [3.8, 4) is 11.5 Å². The second kappa shape index (κ2) is 7.25. The lowest BCUT2D eigenvalue weighted by atomic mass is 10.0. The Morgan fingerprint density at radius 1 is 1.39 bits per heavy atom. The average molecular weight is 341 g/mol. The lowest BCUT2D eigenvalue weighted by Crippen LogP contribution is -2.13. The van der Waals surface area contributed by atoms with Gasteiger partial charge in [-0.15, -0.1) is 11.3 Å². The predicted molar refractivity (Wildman–Crippen MR) is 82.6 cm³/mol. The van der Waals surface area contributed by atoms with E-state index in [4.69, 9.17) is 14.2 Å². The summed E-state index contributed by atoms with van der Waals surface area (Å²) >= 11 is 1.35. The van der Waals surface area contributed by atoms with Crippen molar-refractivity contribution in [2.24, 2.45) is 0 Å². The normalized spacial score (nSPS) is 12.0. The van der Waals surface area contributed by atoms with Crippen LogP contribution in [0.5, 0.6) is 11.5 Å². The lowest BCUT2D eigenvalue weighted by Gasteiger charge is -2.15. The SMILES string of the molecule is COc1c(C(O)C[N+](=O)[O-])cc(OC)c2sc(COC=O)cc12. The Balaban J connectivity index is 2.59. The molecule has 0 aliphatic rings. The smallest absolute Gasteiger partial charge is 0.293 e. The minimum atomic E-state index is -1.33. The summed E-state index contributed by atoms with van der Waals surface area (Å²) in [5.41, 5.74) is 0.272. The quantitative estimate of drug-likeness (QED) is 0.444. The minimum Gasteiger partial charge on any atom is -0.496 e. The van der Waals surface area contributed by atoms with Crippen molar-refractivity contribution in [1.29, 1.82) is 0 Å². The van der Waals surface area contributed by atoms with Crippen molar-refractivity contribution in [3.63, 3.8) is 0 Å². The number of carbonyl (C=O) groups excluding carboxylic acids is 1. The number of aliphatic hydroxyl groups is 1. The molecule has 1 unspecified atom stereocenters. The first-order valence-corrected chi connectivity index (χ1v) is 7.35. The summed E-state index contributed by atoms with van der Waals surface area (Å²) in [6.45, 7) is -0.191. The molecule has 1 heterocycles. The highest BCUT2D eigenvalue weighted by atomic mass is 32.1. The van der Waals surface area contributed by atoms with Gasteiger partial charge in [0.2, 0.25) is 6.54 Å². The third kappa shape index (κ3) is 3.51. The molecular formula is C14H15NO7S. The van der Waals surface area contributed by atoms with Gasteiger partial charge in [0, 0.05) is 20.8 Å². The van der Waals surface area contributed by atoms with E-state index >= 15 is 0 Å². The molecule has 2 aromatic rings.